The Labute approximate surface area is 106 Å². The fourth-order valence-corrected chi connectivity index (χ4v) is 1.54. The Hall–Kier alpha value is -1.88. The summed E-state index contributed by atoms with van der Waals surface area (Å²) >= 11 is 0. The molecule has 2 atom stereocenters. The highest BCUT2D eigenvalue weighted by Gasteiger charge is 2.24. The van der Waals surface area contributed by atoms with E-state index >= 15 is 0 Å². The molecule has 5 nitrogen and oxygen atoms in total. The number of aliphatic carboxylic acids is 1. The molecule has 98 valence electrons. The normalized spacial score (nSPS) is 13.7. The number of hydrogen-bond acceptors (Lipinski definition) is 3. The second kappa shape index (κ2) is 6.76. The molecule has 0 heterocycles. The van der Waals surface area contributed by atoms with Crippen molar-refractivity contribution in [2.24, 2.45) is 5.92 Å². The summed E-state index contributed by atoms with van der Waals surface area (Å²) in [7, 11) is 1.50. The number of benzene rings is 1. The standard InChI is InChI=1S/C13H17NO4/c1-9(8-18-2)12(15)14-11(13(16)17)10-6-4-3-5-7-10/h3-7,9,11H,8H2,1-2H3,(H,14,15)(H,16,17). The average Bonchev–Trinajstić information content (AvgIpc) is 2.36. The maximum atomic E-state index is 11.8. The summed E-state index contributed by atoms with van der Waals surface area (Å²) in [5, 5.41) is 11.6. The molecule has 5 heteroatoms. The minimum Gasteiger partial charge on any atom is -0.479 e. The Morgan fingerprint density at radius 2 is 1.94 bits per heavy atom. The third kappa shape index (κ3) is 3.85. The van der Waals surface area contributed by atoms with E-state index in [0.717, 1.165) is 0 Å². The highest BCUT2D eigenvalue weighted by molar-refractivity contribution is 5.85. The van der Waals surface area contributed by atoms with Crippen LogP contribution in [0.5, 0.6) is 0 Å². The van der Waals surface area contributed by atoms with E-state index in [-0.39, 0.29) is 18.4 Å². The molecule has 1 rings (SSSR count). The van der Waals surface area contributed by atoms with Crippen LogP contribution in [0.3, 0.4) is 0 Å². The fourth-order valence-electron chi connectivity index (χ4n) is 1.54. The zero-order valence-electron chi connectivity index (χ0n) is 10.4. The molecular formula is C13H17NO4. The van der Waals surface area contributed by atoms with Gasteiger partial charge in [-0.2, -0.15) is 0 Å². The molecule has 2 unspecified atom stereocenters. The molecule has 18 heavy (non-hydrogen) atoms. The number of nitrogens with one attached hydrogen (secondary N) is 1. The number of carboxylic acid groups (broad SMARTS) is 1. The van der Waals surface area contributed by atoms with Gasteiger partial charge < -0.3 is 15.2 Å². The predicted octanol–water partition coefficient (Wildman–Crippen LogP) is 1.21. The molecule has 0 bridgehead atoms. The van der Waals surface area contributed by atoms with Gasteiger partial charge in [0.05, 0.1) is 12.5 Å². The van der Waals surface area contributed by atoms with Gasteiger partial charge in [0.15, 0.2) is 6.04 Å². The van der Waals surface area contributed by atoms with Gasteiger partial charge in [-0.05, 0) is 5.56 Å². The lowest BCUT2D eigenvalue weighted by Gasteiger charge is -2.17. The van der Waals surface area contributed by atoms with Gasteiger partial charge in [0.2, 0.25) is 5.91 Å². The molecule has 0 spiro atoms. The molecule has 0 fully saturated rings. The predicted molar refractivity (Wildman–Crippen MR) is 66.0 cm³/mol. The van der Waals surface area contributed by atoms with Gasteiger partial charge in [-0.25, -0.2) is 4.79 Å². The molecule has 0 aliphatic heterocycles. The van der Waals surface area contributed by atoms with E-state index in [4.69, 9.17) is 9.84 Å². The van der Waals surface area contributed by atoms with Crippen LogP contribution < -0.4 is 5.32 Å². The second-order valence-electron chi connectivity index (χ2n) is 4.05. The Balaban J connectivity index is 2.76. The third-order valence-corrected chi connectivity index (χ3v) is 2.53. The van der Waals surface area contributed by atoms with E-state index < -0.39 is 12.0 Å². The van der Waals surface area contributed by atoms with Crippen molar-refractivity contribution in [3.63, 3.8) is 0 Å². The molecule has 0 aromatic heterocycles. The summed E-state index contributed by atoms with van der Waals surface area (Å²) < 4.78 is 4.86. The van der Waals surface area contributed by atoms with E-state index in [1.807, 2.05) is 0 Å². The Kier molecular flexibility index (Phi) is 5.32. The van der Waals surface area contributed by atoms with Crippen molar-refractivity contribution in [2.75, 3.05) is 13.7 Å². The van der Waals surface area contributed by atoms with Crippen LogP contribution in [0, 0.1) is 5.92 Å². The summed E-state index contributed by atoms with van der Waals surface area (Å²) in [6.45, 7) is 1.94. The van der Waals surface area contributed by atoms with Crippen LogP contribution in [0.1, 0.15) is 18.5 Å². The van der Waals surface area contributed by atoms with Gasteiger partial charge in [-0.1, -0.05) is 37.3 Å². The molecule has 1 amide bonds. The van der Waals surface area contributed by atoms with Gasteiger partial charge in [-0.3, -0.25) is 4.79 Å². The first kappa shape index (κ1) is 14.2. The third-order valence-electron chi connectivity index (χ3n) is 2.53. The quantitative estimate of drug-likeness (QED) is 0.796. The summed E-state index contributed by atoms with van der Waals surface area (Å²) in [6, 6.07) is 7.56. The SMILES string of the molecule is COCC(C)C(=O)NC(C(=O)O)c1ccccc1. The zero-order chi connectivity index (χ0) is 13.5. The van der Waals surface area contributed by atoms with Gasteiger partial charge in [0.1, 0.15) is 0 Å². The molecule has 0 saturated carbocycles. The topological polar surface area (TPSA) is 75.6 Å². The summed E-state index contributed by atoms with van der Waals surface area (Å²) in [5.41, 5.74) is 0.544. The van der Waals surface area contributed by atoms with Gasteiger partial charge >= 0.3 is 5.97 Å². The van der Waals surface area contributed by atoms with E-state index in [1.165, 1.54) is 7.11 Å². The minimum atomic E-state index is -1.08. The number of amides is 1. The lowest BCUT2D eigenvalue weighted by Crippen LogP contribution is -2.38. The molecular weight excluding hydrogens is 234 g/mol. The number of rotatable bonds is 6. The molecule has 1 aromatic rings. The van der Waals surface area contributed by atoms with Crippen LogP contribution in [0.25, 0.3) is 0 Å². The Bertz CT molecular complexity index is 405. The summed E-state index contributed by atoms with van der Waals surface area (Å²) in [4.78, 5) is 22.9. The number of ether oxygens (including phenoxy) is 1. The van der Waals surface area contributed by atoms with Crippen LogP contribution >= 0.6 is 0 Å². The molecule has 0 aliphatic carbocycles. The van der Waals surface area contributed by atoms with Gasteiger partial charge in [0, 0.05) is 7.11 Å². The number of hydrogen-bond donors (Lipinski definition) is 2. The number of methoxy groups -OCH3 is 1. The van der Waals surface area contributed by atoms with Crippen molar-refractivity contribution >= 4 is 11.9 Å². The van der Waals surface area contributed by atoms with Gasteiger partial charge in [0.25, 0.3) is 0 Å². The van der Waals surface area contributed by atoms with Crippen molar-refractivity contribution in [1.82, 2.24) is 5.32 Å². The highest BCUT2D eigenvalue weighted by Crippen LogP contribution is 2.13. The molecule has 0 saturated heterocycles. The van der Waals surface area contributed by atoms with Crippen molar-refractivity contribution < 1.29 is 19.4 Å². The second-order valence-corrected chi connectivity index (χ2v) is 4.05. The minimum absolute atomic E-state index is 0.257. The Morgan fingerprint density at radius 3 is 2.44 bits per heavy atom. The van der Waals surface area contributed by atoms with Crippen LogP contribution in [0.2, 0.25) is 0 Å². The first-order valence-electron chi connectivity index (χ1n) is 5.63. The average molecular weight is 251 g/mol. The van der Waals surface area contributed by atoms with Crippen LogP contribution in [-0.2, 0) is 14.3 Å². The van der Waals surface area contributed by atoms with E-state index in [1.54, 1.807) is 37.3 Å². The smallest absolute Gasteiger partial charge is 0.330 e. The lowest BCUT2D eigenvalue weighted by molar-refractivity contribution is -0.142. The van der Waals surface area contributed by atoms with E-state index in [2.05, 4.69) is 5.32 Å². The zero-order valence-corrected chi connectivity index (χ0v) is 10.4. The number of carbonyl (C=O) groups excluding carboxylic acids is 1. The van der Waals surface area contributed by atoms with Crippen LogP contribution in [0.4, 0.5) is 0 Å². The van der Waals surface area contributed by atoms with E-state index in [9.17, 15) is 9.59 Å². The molecule has 0 radical (unpaired) electrons. The lowest BCUT2D eigenvalue weighted by atomic mass is 10.1. The first-order valence-corrected chi connectivity index (χ1v) is 5.63. The van der Waals surface area contributed by atoms with Crippen molar-refractivity contribution in [3.8, 4) is 0 Å². The maximum absolute atomic E-state index is 11.8. The first-order chi connectivity index (χ1) is 8.56. The largest absolute Gasteiger partial charge is 0.479 e. The van der Waals surface area contributed by atoms with Crippen LogP contribution in [0.15, 0.2) is 30.3 Å². The van der Waals surface area contributed by atoms with Crippen molar-refractivity contribution in [2.45, 2.75) is 13.0 Å². The van der Waals surface area contributed by atoms with Crippen molar-refractivity contribution in [1.29, 1.82) is 0 Å². The molecule has 0 aliphatic rings. The van der Waals surface area contributed by atoms with Gasteiger partial charge in [-0.15, -0.1) is 0 Å². The van der Waals surface area contributed by atoms with E-state index in [0.29, 0.717) is 5.56 Å². The highest BCUT2D eigenvalue weighted by atomic mass is 16.5. The molecule has 2 N–H and O–H groups in total. The number of carboxylic acids is 1. The summed E-state index contributed by atoms with van der Waals surface area (Å²) in [5.74, 6) is -1.81. The monoisotopic (exact) mass is 251 g/mol. The van der Waals surface area contributed by atoms with Crippen LogP contribution in [-0.4, -0.2) is 30.7 Å². The summed E-state index contributed by atoms with van der Waals surface area (Å²) in [6.07, 6.45) is 0. The Morgan fingerprint density at radius 1 is 1.33 bits per heavy atom. The molecule has 1 aromatic carbocycles. The fraction of sp³-hybridized carbons (Fsp3) is 0.385. The van der Waals surface area contributed by atoms with Crippen molar-refractivity contribution in [3.05, 3.63) is 35.9 Å². The maximum Gasteiger partial charge on any atom is 0.330 e. The number of carbonyl (C=O) groups is 2.